The van der Waals surface area contributed by atoms with E-state index in [1.165, 1.54) is 17.7 Å². The van der Waals surface area contributed by atoms with Crippen LogP contribution in [0.2, 0.25) is 0 Å². The van der Waals surface area contributed by atoms with Crippen LogP contribution in [0.1, 0.15) is 18.9 Å². The second-order valence-electron chi connectivity index (χ2n) is 5.34. The Morgan fingerprint density at radius 2 is 1.70 bits per heavy atom. The summed E-state index contributed by atoms with van der Waals surface area (Å²) in [4.78, 5) is 0. The largest absolute Gasteiger partial charge is 0.394 e. The van der Waals surface area contributed by atoms with Gasteiger partial charge in [0, 0.05) is 5.69 Å². The topological polar surface area (TPSA) is 32.3 Å². The van der Waals surface area contributed by atoms with Crippen molar-refractivity contribution in [1.29, 1.82) is 0 Å². The Morgan fingerprint density at radius 3 is 2.30 bits per heavy atom. The fraction of sp³-hybridized carbons (Fsp3) is 0.294. The fourth-order valence-corrected chi connectivity index (χ4v) is 2.13. The van der Waals surface area contributed by atoms with Gasteiger partial charge in [0.05, 0.1) is 12.1 Å². The van der Waals surface area contributed by atoms with Crippen molar-refractivity contribution in [2.45, 2.75) is 25.3 Å². The summed E-state index contributed by atoms with van der Waals surface area (Å²) in [6.07, 6.45) is 1.68. The molecule has 0 radical (unpaired) electrons. The molecule has 2 nitrogen and oxygen atoms in total. The molecule has 0 bridgehead atoms. The van der Waals surface area contributed by atoms with Crippen molar-refractivity contribution in [2.75, 3.05) is 11.9 Å². The maximum atomic E-state index is 12.9. The van der Waals surface area contributed by atoms with Gasteiger partial charge in [-0.3, -0.25) is 0 Å². The van der Waals surface area contributed by atoms with Crippen LogP contribution in [0.15, 0.2) is 54.6 Å². The van der Waals surface area contributed by atoms with Gasteiger partial charge in [-0.2, -0.15) is 0 Å². The Labute approximate surface area is 119 Å². The minimum Gasteiger partial charge on any atom is -0.394 e. The number of rotatable bonds is 6. The minimum atomic E-state index is -0.423. The lowest BCUT2D eigenvalue weighted by atomic mass is 9.93. The third-order valence-corrected chi connectivity index (χ3v) is 3.45. The maximum Gasteiger partial charge on any atom is 0.123 e. The average molecular weight is 273 g/mol. The van der Waals surface area contributed by atoms with Crippen molar-refractivity contribution in [3.63, 3.8) is 0 Å². The van der Waals surface area contributed by atoms with Crippen LogP contribution in [0.25, 0.3) is 0 Å². The first-order chi connectivity index (χ1) is 9.61. The molecule has 106 valence electrons. The number of nitrogens with one attached hydrogen (secondary N) is 1. The van der Waals surface area contributed by atoms with Crippen LogP contribution in [0, 0.1) is 5.82 Å². The normalized spacial score (nSPS) is 13.8. The molecule has 0 fully saturated rings. The highest BCUT2D eigenvalue weighted by molar-refractivity contribution is 5.45. The van der Waals surface area contributed by atoms with Gasteiger partial charge in [-0.15, -0.1) is 0 Å². The maximum absolute atomic E-state index is 12.9. The first-order valence-electron chi connectivity index (χ1n) is 6.80. The van der Waals surface area contributed by atoms with Crippen molar-refractivity contribution < 1.29 is 9.50 Å². The molecule has 0 spiro atoms. The number of aryl methyl sites for hydroxylation is 1. The van der Waals surface area contributed by atoms with Crippen molar-refractivity contribution in [2.24, 2.45) is 0 Å². The van der Waals surface area contributed by atoms with Crippen LogP contribution >= 0.6 is 0 Å². The fourth-order valence-electron chi connectivity index (χ4n) is 2.13. The number of aliphatic hydroxyl groups excluding tert-OH is 1. The quantitative estimate of drug-likeness (QED) is 0.842. The highest BCUT2D eigenvalue weighted by Crippen LogP contribution is 2.20. The van der Waals surface area contributed by atoms with E-state index in [-0.39, 0.29) is 12.4 Å². The van der Waals surface area contributed by atoms with Crippen LogP contribution in [-0.4, -0.2) is 17.3 Å². The second-order valence-corrected chi connectivity index (χ2v) is 5.34. The summed E-state index contributed by atoms with van der Waals surface area (Å²) in [5.74, 6) is -0.259. The van der Waals surface area contributed by atoms with Gasteiger partial charge in [-0.1, -0.05) is 30.3 Å². The number of hydrogen-bond acceptors (Lipinski definition) is 2. The molecule has 3 heteroatoms. The minimum absolute atomic E-state index is 0.0250. The summed E-state index contributed by atoms with van der Waals surface area (Å²) in [7, 11) is 0. The zero-order chi connectivity index (χ0) is 14.4. The molecule has 0 amide bonds. The molecule has 0 aliphatic carbocycles. The van der Waals surface area contributed by atoms with Crippen molar-refractivity contribution in [3.8, 4) is 0 Å². The number of aliphatic hydroxyl groups is 1. The first-order valence-corrected chi connectivity index (χ1v) is 6.80. The van der Waals surface area contributed by atoms with Crippen molar-refractivity contribution >= 4 is 5.69 Å². The summed E-state index contributed by atoms with van der Waals surface area (Å²) in [5, 5.41) is 12.9. The molecule has 2 aromatic rings. The van der Waals surface area contributed by atoms with Crippen LogP contribution in [0.5, 0.6) is 0 Å². The van der Waals surface area contributed by atoms with E-state index >= 15 is 0 Å². The van der Waals surface area contributed by atoms with Crippen LogP contribution in [0.4, 0.5) is 10.1 Å². The summed E-state index contributed by atoms with van der Waals surface area (Å²) >= 11 is 0. The van der Waals surface area contributed by atoms with E-state index < -0.39 is 5.54 Å². The van der Waals surface area contributed by atoms with E-state index in [2.05, 4.69) is 17.4 Å². The highest BCUT2D eigenvalue weighted by Gasteiger charge is 2.22. The van der Waals surface area contributed by atoms with Gasteiger partial charge in [0.25, 0.3) is 0 Å². The van der Waals surface area contributed by atoms with E-state index in [4.69, 9.17) is 0 Å². The van der Waals surface area contributed by atoms with Gasteiger partial charge < -0.3 is 10.4 Å². The van der Waals surface area contributed by atoms with Crippen LogP contribution in [0.3, 0.4) is 0 Å². The summed E-state index contributed by atoms with van der Waals surface area (Å²) in [6.45, 7) is 2.00. The Bertz CT molecular complexity index is 526. The molecule has 0 aliphatic rings. The molecule has 0 heterocycles. The average Bonchev–Trinajstić information content (AvgIpc) is 2.49. The van der Waals surface area contributed by atoms with Gasteiger partial charge in [-0.05, 0) is 49.6 Å². The lowest BCUT2D eigenvalue weighted by Crippen LogP contribution is -2.39. The Balaban J connectivity index is 1.99. The lowest BCUT2D eigenvalue weighted by Gasteiger charge is -2.30. The molecule has 2 aromatic carbocycles. The lowest BCUT2D eigenvalue weighted by molar-refractivity contribution is 0.215. The Hall–Kier alpha value is -1.87. The number of hydrogen-bond donors (Lipinski definition) is 2. The van der Waals surface area contributed by atoms with E-state index in [9.17, 15) is 9.50 Å². The molecule has 20 heavy (non-hydrogen) atoms. The van der Waals surface area contributed by atoms with Gasteiger partial charge in [0.2, 0.25) is 0 Å². The molecule has 2 rings (SSSR count). The third-order valence-electron chi connectivity index (χ3n) is 3.45. The summed E-state index contributed by atoms with van der Waals surface area (Å²) in [5.41, 5.74) is 1.64. The van der Waals surface area contributed by atoms with Gasteiger partial charge in [0.1, 0.15) is 5.82 Å². The summed E-state index contributed by atoms with van der Waals surface area (Å²) < 4.78 is 12.9. The smallest absolute Gasteiger partial charge is 0.123 e. The predicted octanol–water partition coefficient (Wildman–Crippen LogP) is 3.62. The second kappa shape index (κ2) is 6.53. The highest BCUT2D eigenvalue weighted by atomic mass is 19.1. The van der Waals surface area contributed by atoms with E-state index in [0.717, 1.165) is 18.5 Å². The predicted molar refractivity (Wildman–Crippen MR) is 80.3 cm³/mol. The monoisotopic (exact) mass is 273 g/mol. The molecule has 0 saturated heterocycles. The number of benzene rings is 2. The van der Waals surface area contributed by atoms with Crippen molar-refractivity contribution in [3.05, 3.63) is 66.0 Å². The van der Waals surface area contributed by atoms with Crippen molar-refractivity contribution in [1.82, 2.24) is 0 Å². The van der Waals surface area contributed by atoms with Gasteiger partial charge >= 0.3 is 0 Å². The third kappa shape index (κ3) is 4.07. The molecule has 0 saturated carbocycles. The van der Waals surface area contributed by atoms with E-state index in [1.54, 1.807) is 12.1 Å². The number of anilines is 1. The molecular formula is C17H20FNO. The zero-order valence-electron chi connectivity index (χ0n) is 11.6. The molecule has 1 atom stereocenters. The van der Waals surface area contributed by atoms with E-state index in [0.29, 0.717) is 0 Å². The number of halogens is 1. The van der Waals surface area contributed by atoms with Gasteiger partial charge in [0.15, 0.2) is 0 Å². The molecule has 1 unspecified atom stereocenters. The first kappa shape index (κ1) is 14.5. The van der Waals surface area contributed by atoms with Crippen LogP contribution in [-0.2, 0) is 6.42 Å². The Kier molecular flexibility index (Phi) is 4.74. The Morgan fingerprint density at radius 1 is 1.05 bits per heavy atom. The molecule has 0 aromatic heterocycles. The SMILES string of the molecule is CC(CO)(CCc1ccccc1)Nc1ccc(F)cc1. The summed E-state index contributed by atoms with van der Waals surface area (Å²) in [6, 6.07) is 16.4. The molecular weight excluding hydrogens is 253 g/mol. The van der Waals surface area contributed by atoms with Crippen LogP contribution < -0.4 is 5.32 Å². The van der Waals surface area contributed by atoms with Gasteiger partial charge in [-0.25, -0.2) is 4.39 Å². The zero-order valence-corrected chi connectivity index (χ0v) is 11.6. The standard InChI is InChI=1S/C17H20FNO/c1-17(13-20,12-11-14-5-3-2-4-6-14)19-16-9-7-15(18)8-10-16/h2-10,19-20H,11-13H2,1H3. The van der Waals surface area contributed by atoms with E-state index in [1.807, 2.05) is 25.1 Å². The molecule has 0 aliphatic heterocycles. The molecule has 2 N–H and O–H groups in total.